The number of hydrogen-bond acceptors (Lipinski definition) is 3. The van der Waals surface area contributed by atoms with Crippen molar-refractivity contribution in [3.05, 3.63) is 23.8 Å². The number of aliphatic hydroxyl groups excluding tert-OH is 1. The lowest BCUT2D eigenvalue weighted by Crippen LogP contribution is -2.00. The lowest BCUT2D eigenvalue weighted by molar-refractivity contribution is 0.280. The van der Waals surface area contributed by atoms with E-state index in [-0.39, 0.29) is 6.61 Å². The van der Waals surface area contributed by atoms with Gasteiger partial charge in [-0.05, 0) is 6.42 Å². The fourth-order valence-electron chi connectivity index (χ4n) is 0.883. The second-order valence-electron chi connectivity index (χ2n) is 2.92. The molecule has 1 aromatic heterocycles. The van der Waals surface area contributed by atoms with Crippen LogP contribution in [0.1, 0.15) is 37.6 Å². The SMILES string of the molecule is CCC(C)c1ncc(CO)cn1. The number of nitrogens with zero attached hydrogens (tertiary/aromatic N) is 2. The van der Waals surface area contributed by atoms with Gasteiger partial charge in [0.25, 0.3) is 0 Å². The van der Waals surface area contributed by atoms with Crippen molar-refractivity contribution in [2.24, 2.45) is 0 Å². The molecule has 1 rings (SSSR count). The van der Waals surface area contributed by atoms with Crippen LogP contribution < -0.4 is 0 Å². The van der Waals surface area contributed by atoms with Crippen LogP contribution in [0.4, 0.5) is 0 Å². The molecule has 12 heavy (non-hydrogen) atoms. The van der Waals surface area contributed by atoms with Gasteiger partial charge in [0.05, 0.1) is 6.61 Å². The largest absolute Gasteiger partial charge is 0.392 e. The van der Waals surface area contributed by atoms with Crippen LogP contribution in [0.5, 0.6) is 0 Å². The van der Waals surface area contributed by atoms with Crippen molar-refractivity contribution in [3.8, 4) is 0 Å². The zero-order chi connectivity index (χ0) is 8.97. The lowest BCUT2D eigenvalue weighted by Gasteiger charge is -2.05. The summed E-state index contributed by atoms with van der Waals surface area (Å²) in [6.45, 7) is 4.21. The molecule has 0 saturated heterocycles. The Morgan fingerprint density at radius 3 is 2.42 bits per heavy atom. The molecule has 3 heteroatoms. The molecule has 66 valence electrons. The van der Waals surface area contributed by atoms with Gasteiger partial charge in [0, 0.05) is 23.9 Å². The van der Waals surface area contributed by atoms with Gasteiger partial charge in [-0.3, -0.25) is 0 Å². The summed E-state index contributed by atoms with van der Waals surface area (Å²) in [5.41, 5.74) is 0.766. The van der Waals surface area contributed by atoms with Crippen LogP contribution in [0.3, 0.4) is 0 Å². The van der Waals surface area contributed by atoms with Crippen LogP contribution in [0.15, 0.2) is 12.4 Å². The summed E-state index contributed by atoms with van der Waals surface area (Å²) in [5, 5.41) is 8.74. The highest BCUT2D eigenvalue weighted by molar-refractivity contribution is 5.05. The van der Waals surface area contributed by atoms with E-state index in [1.165, 1.54) is 0 Å². The van der Waals surface area contributed by atoms with Crippen LogP contribution in [0, 0.1) is 0 Å². The highest BCUT2D eigenvalue weighted by atomic mass is 16.3. The van der Waals surface area contributed by atoms with Gasteiger partial charge in [-0.15, -0.1) is 0 Å². The molecule has 1 atom stereocenters. The van der Waals surface area contributed by atoms with E-state index in [2.05, 4.69) is 23.8 Å². The van der Waals surface area contributed by atoms with Crippen LogP contribution >= 0.6 is 0 Å². The summed E-state index contributed by atoms with van der Waals surface area (Å²) in [6.07, 6.45) is 4.39. The summed E-state index contributed by atoms with van der Waals surface area (Å²) in [7, 11) is 0. The monoisotopic (exact) mass is 166 g/mol. The quantitative estimate of drug-likeness (QED) is 0.739. The first-order valence-corrected chi connectivity index (χ1v) is 4.19. The highest BCUT2D eigenvalue weighted by Gasteiger charge is 2.04. The maximum absolute atomic E-state index is 8.74. The van der Waals surface area contributed by atoms with Crippen molar-refractivity contribution < 1.29 is 5.11 Å². The van der Waals surface area contributed by atoms with Crippen molar-refractivity contribution in [2.45, 2.75) is 32.8 Å². The Labute approximate surface area is 72.5 Å². The topological polar surface area (TPSA) is 46.0 Å². The molecule has 0 spiro atoms. The minimum atomic E-state index is 0.0147. The van der Waals surface area contributed by atoms with Crippen molar-refractivity contribution >= 4 is 0 Å². The third kappa shape index (κ3) is 2.01. The number of aliphatic hydroxyl groups is 1. The van der Waals surface area contributed by atoms with E-state index < -0.39 is 0 Å². The molecule has 0 fully saturated rings. The van der Waals surface area contributed by atoms with Crippen LogP contribution in [0.2, 0.25) is 0 Å². The molecular formula is C9H14N2O. The number of aromatic nitrogens is 2. The first kappa shape index (κ1) is 9.13. The summed E-state index contributed by atoms with van der Waals surface area (Å²) in [6, 6.07) is 0. The third-order valence-corrected chi connectivity index (χ3v) is 1.96. The van der Waals surface area contributed by atoms with Gasteiger partial charge in [-0.2, -0.15) is 0 Å². The maximum atomic E-state index is 8.74. The normalized spacial score (nSPS) is 12.9. The molecule has 0 aliphatic heterocycles. The first-order chi connectivity index (χ1) is 5.77. The second kappa shape index (κ2) is 4.16. The Kier molecular flexibility index (Phi) is 3.17. The van der Waals surface area contributed by atoms with E-state index in [1.54, 1.807) is 12.4 Å². The molecule has 0 aliphatic rings. The molecule has 0 amide bonds. The van der Waals surface area contributed by atoms with Crippen molar-refractivity contribution in [3.63, 3.8) is 0 Å². The van der Waals surface area contributed by atoms with E-state index in [1.807, 2.05) is 0 Å². The van der Waals surface area contributed by atoms with Crippen LogP contribution in [-0.4, -0.2) is 15.1 Å². The molecule has 3 nitrogen and oxygen atoms in total. The standard InChI is InChI=1S/C9H14N2O/c1-3-7(2)9-10-4-8(6-12)5-11-9/h4-5,7,12H,3,6H2,1-2H3. The van der Waals surface area contributed by atoms with Crippen molar-refractivity contribution in [1.82, 2.24) is 9.97 Å². The zero-order valence-corrected chi connectivity index (χ0v) is 7.49. The van der Waals surface area contributed by atoms with E-state index in [9.17, 15) is 0 Å². The Bertz CT molecular complexity index is 233. The van der Waals surface area contributed by atoms with Gasteiger partial charge in [-0.25, -0.2) is 9.97 Å². The lowest BCUT2D eigenvalue weighted by atomic mass is 10.1. The van der Waals surface area contributed by atoms with Gasteiger partial charge in [0.1, 0.15) is 5.82 Å². The highest BCUT2D eigenvalue weighted by Crippen LogP contribution is 2.12. The average Bonchev–Trinajstić information content (AvgIpc) is 2.17. The predicted molar refractivity (Wildman–Crippen MR) is 46.7 cm³/mol. The summed E-state index contributed by atoms with van der Waals surface area (Å²) < 4.78 is 0. The van der Waals surface area contributed by atoms with Gasteiger partial charge in [0.15, 0.2) is 0 Å². The van der Waals surface area contributed by atoms with E-state index in [0.717, 1.165) is 17.8 Å². The maximum Gasteiger partial charge on any atom is 0.131 e. The Hall–Kier alpha value is -0.960. The minimum Gasteiger partial charge on any atom is -0.392 e. The predicted octanol–water partition coefficient (Wildman–Crippen LogP) is 1.48. The van der Waals surface area contributed by atoms with Gasteiger partial charge < -0.3 is 5.11 Å². The molecular weight excluding hydrogens is 152 g/mol. The Balaban J connectivity index is 2.77. The van der Waals surface area contributed by atoms with Crippen molar-refractivity contribution in [2.75, 3.05) is 0 Å². The second-order valence-corrected chi connectivity index (χ2v) is 2.92. The molecule has 0 aliphatic carbocycles. The Morgan fingerprint density at radius 1 is 1.42 bits per heavy atom. The molecule has 0 saturated carbocycles. The molecule has 0 bridgehead atoms. The number of rotatable bonds is 3. The van der Waals surface area contributed by atoms with Gasteiger partial charge >= 0.3 is 0 Å². The van der Waals surface area contributed by atoms with Crippen LogP contribution in [-0.2, 0) is 6.61 Å². The summed E-state index contributed by atoms with van der Waals surface area (Å²) in [5.74, 6) is 1.26. The summed E-state index contributed by atoms with van der Waals surface area (Å²) in [4.78, 5) is 8.30. The van der Waals surface area contributed by atoms with E-state index in [0.29, 0.717) is 5.92 Å². The van der Waals surface area contributed by atoms with E-state index >= 15 is 0 Å². The van der Waals surface area contributed by atoms with Gasteiger partial charge in [0.2, 0.25) is 0 Å². The Morgan fingerprint density at radius 2 is 2.00 bits per heavy atom. The molecule has 1 unspecified atom stereocenters. The smallest absolute Gasteiger partial charge is 0.131 e. The minimum absolute atomic E-state index is 0.0147. The number of hydrogen-bond donors (Lipinski definition) is 1. The average molecular weight is 166 g/mol. The molecule has 1 N–H and O–H groups in total. The van der Waals surface area contributed by atoms with Gasteiger partial charge in [-0.1, -0.05) is 13.8 Å². The molecule has 1 heterocycles. The molecule has 0 aromatic carbocycles. The molecule has 0 radical (unpaired) electrons. The van der Waals surface area contributed by atoms with Crippen LogP contribution in [0.25, 0.3) is 0 Å². The first-order valence-electron chi connectivity index (χ1n) is 4.19. The van der Waals surface area contributed by atoms with Crippen molar-refractivity contribution in [1.29, 1.82) is 0 Å². The fourth-order valence-corrected chi connectivity index (χ4v) is 0.883. The fraction of sp³-hybridized carbons (Fsp3) is 0.556. The molecule has 1 aromatic rings. The third-order valence-electron chi connectivity index (χ3n) is 1.96. The summed E-state index contributed by atoms with van der Waals surface area (Å²) >= 11 is 0. The zero-order valence-electron chi connectivity index (χ0n) is 7.49. The van der Waals surface area contributed by atoms with E-state index in [4.69, 9.17) is 5.11 Å².